The molecule has 2 aromatic rings. The zero-order valence-corrected chi connectivity index (χ0v) is 33.6. The summed E-state index contributed by atoms with van der Waals surface area (Å²) in [5.74, 6) is -3.47. The Hall–Kier alpha value is -4.62. The van der Waals surface area contributed by atoms with Gasteiger partial charge in [-0.25, -0.2) is 19.3 Å². The van der Waals surface area contributed by atoms with Gasteiger partial charge in [0.2, 0.25) is 5.88 Å². The number of Topliss-reactive ketones (excluding diaryl/α,β-unsaturated/α-hetero) is 1. The molecule has 0 saturated carbocycles. The summed E-state index contributed by atoms with van der Waals surface area (Å²) in [4.78, 5) is 83.1. The predicted octanol–water partition coefficient (Wildman–Crippen LogP) is 7.23. The third-order valence-corrected chi connectivity index (χ3v) is 9.21. The Bertz CT molecular complexity index is 1720. The van der Waals surface area contributed by atoms with Gasteiger partial charge < -0.3 is 29.6 Å². The van der Waals surface area contributed by atoms with Crippen LogP contribution in [0.4, 0.5) is 10.5 Å². The van der Waals surface area contributed by atoms with Crippen molar-refractivity contribution in [3.05, 3.63) is 39.9 Å². The van der Waals surface area contributed by atoms with Crippen LogP contribution in [0.3, 0.4) is 0 Å². The van der Waals surface area contributed by atoms with Crippen LogP contribution in [0, 0.1) is 5.41 Å². The summed E-state index contributed by atoms with van der Waals surface area (Å²) in [5, 5.41) is 13.5. The summed E-state index contributed by atoms with van der Waals surface area (Å²) in [6, 6.07) is 2.36. The number of hydrogen-bond acceptors (Lipinski definition) is 10. The first-order valence-corrected chi connectivity index (χ1v) is 19.1. The van der Waals surface area contributed by atoms with Crippen LogP contribution >= 0.6 is 0 Å². The number of nitrogens with zero attached hydrogens (tertiary/aromatic N) is 2. The predicted molar refractivity (Wildman–Crippen MR) is 204 cm³/mol. The van der Waals surface area contributed by atoms with Gasteiger partial charge in [-0.1, -0.05) is 86.5 Å². The Morgan fingerprint density at radius 3 is 2.09 bits per heavy atom. The van der Waals surface area contributed by atoms with Crippen molar-refractivity contribution in [2.75, 3.05) is 5.32 Å². The number of amides is 3. The van der Waals surface area contributed by atoms with Gasteiger partial charge in [0, 0.05) is 5.41 Å². The molecule has 1 fully saturated rings. The third kappa shape index (κ3) is 11.2. The number of ketones is 1. The average Bonchev–Trinajstić information content (AvgIpc) is 3.46. The number of benzene rings is 1. The standard InChI is InChI=1S/C40H60N4O10/c1-11-12-13-14-15-16-17-18-19-27(23-43-34(47)30(24(2)3)42-37(43)50)53-35(48)26-20-21-28(29(22-26)52-25(4)5)41-33(46)31(32(45)39(6,7)8)44-36(49)40(9,10)54-38(44)51/h20-22,24-25,27,31,47H,11-19,23H2,1-10H3,(H,41,46)(H,42,50). The number of H-pyrrole nitrogens is 1. The van der Waals surface area contributed by atoms with E-state index in [0.29, 0.717) is 17.0 Å². The number of aromatic hydroxyl groups is 1. The van der Waals surface area contributed by atoms with Crippen LogP contribution in [0.5, 0.6) is 11.6 Å². The molecule has 1 aliphatic rings. The Morgan fingerprint density at radius 1 is 0.963 bits per heavy atom. The zero-order valence-electron chi connectivity index (χ0n) is 33.6. The summed E-state index contributed by atoms with van der Waals surface area (Å²) in [7, 11) is 0. The lowest BCUT2D eigenvalue weighted by molar-refractivity contribution is -0.145. The molecule has 3 amide bonds. The lowest BCUT2D eigenvalue weighted by atomic mass is 9.85. The number of imide groups is 1. The number of aromatic amines is 1. The second kappa shape index (κ2) is 18.6. The molecule has 0 spiro atoms. The molecule has 300 valence electrons. The number of aromatic nitrogens is 2. The van der Waals surface area contributed by atoms with Gasteiger partial charge in [0.25, 0.3) is 11.8 Å². The molecule has 0 radical (unpaired) electrons. The summed E-state index contributed by atoms with van der Waals surface area (Å²) >= 11 is 0. The lowest BCUT2D eigenvalue weighted by Crippen LogP contribution is -2.55. The number of nitrogens with one attached hydrogen (secondary N) is 2. The average molecular weight is 757 g/mol. The summed E-state index contributed by atoms with van der Waals surface area (Å²) in [6.07, 6.45) is 6.75. The van der Waals surface area contributed by atoms with E-state index in [-0.39, 0.29) is 35.3 Å². The topological polar surface area (TPSA) is 186 Å². The van der Waals surface area contributed by atoms with Gasteiger partial charge in [-0.05, 0) is 64.7 Å². The van der Waals surface area contributed by atoms with Gasteiger partial charge in [0.1, 0.15) is 11.9 Å². The number of unbranched alkanes of at least 4 members (excludes halogenated alkanes) is 7. The first kappa shape index (κ1) is 43.8. The molecule has 14 heteroatoms. The number of carbonyl (C=O) groups is 5. The van der Waals surface area contributed by atoms with E-state index in [9.17, 15) is 33.9 Å². The number of esters is 1. The largest absolute Gasteiger partial charge is 0.493 e. The highest BCUT2D eigenvalue weighted by Gasteiger charge is 2.55. The van der Waals surface area contributed by atoms with Gasteiger partial charge >= 0.3 is 17.8 Å². The van der Waals surface area contributed by atoms with Gasteiger partial charge in [0.05, 0.1) is 29.6 Å². The van der Waals surface area contributed by atoms with Crippen LogP contribution in [0.15, 0.2) is 23.0 Å². The molecule has 3 rings (SSSR count). The summed E-state index contributed by atoms with van der Waals surface area (Å²) in [5.41, 5.74) is -2.64. The molecule has 1 aromatic carbocycles. The Labute approximate surface area is 318 Å². The highest BCUT2D eigenvalue weighted by molar-refractivity contribution is 6.19. The van der Waals surface area contributed by atoms with Crippen LogP contribution in [0.2, 0.25) is 0 Å². The maximum absolute atomic E-state index is 13.8. The zero-order chi connectivity index (χ0) is 40.5. The molecular formula is C40H60N4O10. The van der Waals surface area contributed by atoms with Crippen molar-refractivity contribution < 1.29 is 43.3 Å². The Kier molecular flexibility index (Phi) is 15.1. The van der Waals surface area contributed by atoms with Crippen molar-refractivity contribution in [1.82, 2.24) is 14.5 Å². The second-order valence-electron chi connectivity index (χ2n) is 16.2. The molecule has 1 saturated heterocycles. The number of cyclic esters (lactones) is 1. The van der Waals surface area contributed by atoms with Crippen LogP contribution in [0.25, 0.3) is 0 Å². The smallest absolute Gasteiger partial charge is 0.418 e. The SMILES string of the molecule is CCCCCCCCCCC(Cn1c(O)c(C(C)C)[nH]c1=O)OC(=O)c1ccc(NC(=O)C(C(=O)C(C)(C)C)N2C(=O)OC(C)(C)C2=O)c(OC(C)C)c1. The van der Waals surface area contributed by atoms with Crippen molar-refractivity contribution in [3.63, 3.8) is 0 Å². The molecule has 0 aliphatic carbocycles. The molecule has 1 aliphatic heterocycles. The highest BCUT2D eigenvalue weighted by atomic mass is 16.6. The molecule has 1 aromatic heterocycles. The molecule has 2 heterocycles. The summed E-state index contributed by atoms with van der Waals surface area (Å²) < 4.78 is 18.3. The van der Waals surface area contributed by atoms with Crippen molar-refractivity contribution in [1.29, 1.82) is 0 Å². The first-order valence-electron chi connectivity index (χ1n) is 19.1. The van der Waals surface area contributed by atoms with Crippen molar-refractivity contribution in [2.24, 2.45) is 5.41 Å². The minimum absolute atomic E-state index is 0.0583. The fraction of sp³-hybridized carbons (Fsp3) is 0.650. The number of hydrogen-bond donors (Lipinski definition) is 3. The fourth-order valence-electron chi connectivity index (χ4n) is 6.14. The van der Waals surface area contributed by atoms with Crippen molar-refractivity contribution in [2.45, 2.75) is 163 Å². The van der Waals surface area contributed by atoms with Crippen LogP contribution in [-0.4, -0.2) is 73.1 Å². The summed E-state index contributed by atoms with van der Waals surface area (Å²) in [6.45, 7) is 16.8. The number of carbonyl (C=O) groups excluding carboxylic acids is 5. The van der Waals surface area contributed by atoms with E-state index in [4.69, 9.17) is 14.2 Å². The van der Waals surface area contributed by atoms with Gasteiger partial charge in [0.15, 0.2) is 17.4 Å². The minimum atomic E-state index is -1.84. The quantitative estimate of drug-likeness (QED) is 0.0707. The van der Waals surface area contributed by atoms with E-state index in [1.165, 1.54) is 62.3 Å². The highest BCUT2D eigenvalue weighted by Crippen LogP contribution is 2.33. The lowest BCUT2D eigenvalue weighted by Gasteiger charge is -2.28. The number of anilines is 1. The molecule has 2 unspecified atom stereocenters. The van der Waals surface area contributed by atoms with E-state index in [1.807, 2.05) is 13.8 Å². The molecule has 14 nitrogen and oxygen atoms in total. The minimum Gasteiger partial charge on any atom is -0.493 e. The molecule has 2 atom stereocenters. The normalized spacial score (nSPS) is 15.4. The fourth-order valence-corrected chi connectivity index (χ4v) is 6.14. The van der Waals surface area contributed by atoms with E-state index in [1.54, 1.807) is 34.6 Å². The van der Waals surface area contributed by atoms with Crippen LogP contribution < -0.4 is 15.7 Å². The number of rotatable bonds is 20. The number of ether oxygens (including phenoxy) is 3. The van der Waals surface area contributed by atoms with Gasteiger partial charge in [-0.2, -0.15) is 0 Å². The van der Waals surface area contributed by atoms with E-state index < -0.39 is 64.6 Å². The van der Waals surface area contributed by atoms with Gasteiger partial charge in [-0.3, -0.25) is 19.0 Å². The maximum atomic E-state index is 13.8. The molecule has 3 N–H and O–H groups in total. The molecule has 54 heavy (non-hydrogen) atoms. The van der Waals surface area contributed by atoms with Crippen molar-refractivity contribution >= 4 is 35.3 Å². The number of imidazole rings is 1. The van der Waals surface area contributed by atoms with E-state index >= 15 is 0 Å². The van der Waals surface area contributed by atoms with E-state index in [2.05, 4.69) is 17.2 Å². The monoisotopic (exact) mass is 756 g/mol. The maximum Gasteiger partial charge on any atom is 0.418 e. The first-order chi connectivity index (χ1) is 25.2. The Morgan fingerprint density at radius 2 is 1.57 bits per heavy atom. The van der Waals surface area contributed by atoms with Gasteiger partial charge in [-0.15, -0.1) is 0 Å². The molecular weight excluding hydrogens is 696 g/mol. The van der Waals surface area contributed by atoms with Crippen LogP contribution in [0.1, 0.15) is 149 Å². The van der Waals surface area contributed by atoms with Crippen molar-refractivity contribution in [3.8, 4) is 11.6 Å². The second-order valence-corrected chi connectivity index (χ2v) is 16.2. The molecule has 0 bridgehead atoms. The third-order valence-electron chi connectivity index (χ3n) is 9.21. The Balaban J connectivity index is 1.89. The van der Waals surface area contributed by atoms with E-state index in [0.717, 1.165) is 25.7 Å². The van der Waals surface area contributed by atoms with Crippen LogP contribution in [-0.2, 0) is 30.4 Å².